The largest absolute Gasteiger partial charge is 0.485 e. The zero-order valence-electron chi connectivity index (χ0n) is 17.5. The first kappa shape index (κ1) is 21.5. The van der Waals surface area contributed by atoms with Gasteiger partial charge in [0.2, 0.25) is 5.91 Å². The van der Waals surface area contributed by atoms with Crippen LogP contribution in [-0.2, 0) is 11.3 Å². The summed E-state index contributed by atoms with van der Waals surface area (Å²) in [7, 11) is 0. The number of fused-ring (bicyclic) bond motifs is 1. The molecule has 0 radical (unpaired) electrons. The number of ether oxygens (including phenoxy) is 2. The number of halogens is 2. The number of hydrogen-bond acceptors (Lipinski definition) is 5. The Morgan fingerprint density at radius 1 is 1.19 bits per heavy atom. The lowest BCUT2D eigenvalue weighted by Crippen LogP contribution is -2.59. The number of aliphatic hydroxyl groups is 1. The van der Waals surface area contributed by atoms with Crippen molar-refractivity contribution in [2.45, 2.75) is 44.8 Å². The molecule has 2 heterocycles. The second-order valence-electron chi connectivity index (χ2n) is 8.46. The molecule has 1 N–H and O–H groups in total. The summed E-state index contributed by atoms with van der Waals surface area (Å²) in [5.41, 5.74) is 0.634. The Balaban J connectivity index is 1.58. The van der Waals surface area contributed by atoms with E-state index in [0.29, 0.717) is 30.9 Å². The molecule has 2 atom stereocenters. The van der Waals surface area contributed by atoms with Crippen LogP contribution < -0.4 is 9.47 Å². The fourth-order valence-electron chi connectivity index (χ4n) is 4.26. The topological polar surface area (TPSA) is 62.2 Å². The minimum Gasteiger partial charge on any atom is -0.485 e. The third kappa shape index (κ3) is 4.50. The summed E-state index contributed by atoms with van der Waals surface area (Å²) in [6.07, 6.45) is -1.04. The summed E-state index contributed by atoms with van der Waals surface area (Å²) in [6.45, 7) is 2.43. The molecular formula is C23H26F2N2O4. The zero-order valence-corrected chi connectivity index (χ0v) is 17.5. The van der Waals surface area contributed by atoms with Crippen molar-refractivity contribution in [1.29, 1.82) is 0 Å². The van der Waals surface area contributed by atoms with Crippen molar-refractivity contribution in [3.8, 4) is 11.5 Å². The van der Waals surface area contributed by atoms with E-state index in [-0.39, 0.29) is 18.2 Å². The molecule has 2 aromatic carbocycles. The third-order valence-corrected chi connectivity index (χ3v) is 5.83. The standard InChI is InChI=1S/C23H26F2N2O4/c1-23(2)21(29)20(17-12-16(30-22(24)25)8-9-18(17)31-23)27-11-10-26(14-19(27)28)13-15-6-4-3-5-7-15/h3-9,12,20-22,29H,10-11,13-14H2,1-2H3/t20-,21+/m1/s1. The van der Waals surface area contributed by atoms with Crippen molar-refractivity contribution in [1.82, 2.24) is 9.80 Å². The molecule has 4 rings (SSSR count). The van der Waals surface area contributed by atoms with Gasteiger partial charge in [-0.15, -0.1) is 0 Å². The van der Waals surface area contributed by atoms with E-state index in [1.54, 1.807) is 24.8 Å². The van der Waals surface area contributed by atoms with Crippen molar-refractivity contribution in [2.75, 3.05) is 19.6 Å². The van der Waals surface area contributed by atoms with Crippen LogP contribution in [0.1, 0.15) is 31.0 Å². The van der Waals surface area contributed by atoms with Crippen LogP contribution in [0.5, 0.6) is 11.5 Å². The number of rotatable bonds is 5. The first-order valence-corrected chi connectivity index (χ1v) is 10.3. The van der Waals surface area contributed by atoms with Crippen LogP contribution in [0.4, 0.5) is 8.78 Å². The first-order valence-electron chi connectivity index (χ1n) is 10.3. The lowest BCUT2D eigenvalue weighted by Gasteiger charge is -2.48. The minimum absolute atomic E-state index is 0.0376. The quantitative estimate of drug-likeness (QED) is 0.786. The molecule has 31 heavy (non-hydrogen) atoms. The molecule has 0 spiro atoms. The number of benzene rings is 2. The maximum Gasteiger partial charge on any atom is 0.387 e. The average Bonchev–Trinajstić information content (AvgIpc) is 2.71. The molecular weight excluding hydrogens is 406 g/mol. The number of aliphatic hydroxyl groups excluding tert-OH is 1. The van der Waals surface area contributed by atoms with Gasteiger partial charge >= 0.3 is 6.61 Å². The number of carbonyl (C=O) groups excluding carboxylic acids is 1. The van der Waals surface area contributed by atoms with E-state index in [9.17, 15) is 18.7 Å². The van der Waals surface area contributed by atoms with Gasteiger partial charge in [0, 0.05) is 25.2 Å². The molecule has 0 aromatic heterocycles. The molecule has 2 aliphatic heterocycles. The van der Waals surface area contributed by atoms with Gasteiger partial charge in [-0.2, -0.15) is 8.78 Å². The fourth-order valence-corrected chi connectivity index (χ4v) is 4.26. The Labute approximate surface area is 180 Å². The molecule has 1 amide bonds. The van der Waals surface area contributed by atoms with Crippen LogP contribution in [0.15, 0.2) is 48.5 Å². The lowest BCUT2D eigenvalue weighted by atomic mass is 9.85. The van der Waals surface area contributed by atoms with Crippen LogP contribution in [0, 0.1) is 0 Å². The van der Waals surface area contributed by atoms with Crippen LogP contribution in [0.3, 0.4) is 0 Å². The highest BCUT2D eigenvalue weighted by molar-refractivity contribution is 5.80. The molecule has 0 unspecified atom stereocenters. The predicted octanol–water partition coefficient (Wildman–Crippen LogP) is 3.21. The molecule has 0 aliphatic carbocycles. The summed E-state index contributed by atoms with van der Waals surface area (Å²) < 4.78 is 35.9. The summed E-state index contributed by atoms with van der Waals surface area (Å²) >= 11 is 0. The second-order valence-corrected chi connectivity index (χ2v) is 8.46. The highest BCUT2D eigenvalue weighted by Gasteiger charge is 2.47. The van der Waals surface area contributed by atoms with Crippen LogP contribution in [0.25, 0.3) is 0 Å². The van der Waals surface area contributed by atoms with E-state index in [0.717, 1.165) is 5.56 Å². The minimum atomic E-state index is -2.97. The normalized spacial score (nSPS) is 23.4. The number of piperazine rings is 1. The Morgan fingerprint density at radius 2 is 1.94 bits per heavy atom. The molecule has 2 aromatic rings. The van der Waals surface area contributed by atoms with E-state index in [2.05, 4.69) is 9.64 Å². The van der Waals surface area contributed by atoms with E-state index in [1.165, 1.54) is 12.1 Å². The molecule has 6 nitrogen and oxygen atoms in total. The van der Waals surface area contributed by atoms with Crippen molar-refractivity contribution < 1.29 is 28.2 Å². The number of hydrogen-bond donors (Lipinski definition) is 1. The van der Waals surface area contributed by atoms with Gasteiger partial charge in [-0.3, -0.25) is 9.69 Å². The highest BCUT2D eigenvalue weighted by Crippen LogP contribution is 2.44. The van der Waals surface area contributed by atoms with Crippen LogP contribution in [0.2, 0.25) is 0 Å². The smallest absolute Gasteiger partial charge is 0.387 e. The average molecular weight is 432 g/mol. The van der Waals surface area contributed by atoms with E-state index >= 15 is 0 Å². The first-order chi connectivity index (χ1) is 14.7. The molecule has 1 saturated heterocycles. The van der Waals surface area contributed by atoms with Gasteiger partial charge in [-0.1, -0.05) is 30.3 Å². The van der Waals surface area contributed by atoms with Gasteiger partial charge in [-0.05, 0) is 37.6 Å². The Hall–Kier alpha value is -2.71. The Morgan fingerprint density at radius 3 is 2.61 bits per heavy atom. The summed E-state index contributed by atoms with van der Waals surface area (Å²) in [5, 5.41) is 11.1. The molecule has 8 heteroatoms. The summed E-state index contributed by atoms with van der Waals surface area (Å²) in [6, 6.07) is 13.6. The molecule has 1 fully saturated rings. The van der Waals surface area contributed by atoms with Gasteiger partial charge in [0.1, 0.15) is 23.2 Å². The van der Waals surface area contributed by atoms with Gasteiger partial charge < -0.3 is 19.5 Å². The van der Waals surface area contributed by atoms with Crippen LogP contribution >= 0.6 is 0 Å². The highest BCUT2D eigenvalue weighted by atomic mass is 19.3. The van der Waals surface area contributed by atoms with Crippen molar-refractivity contribution in [3.63, 3.8) is 0 Å². The lowest BCUT2D eigenvalue weighted by molar-refractivity contribution is -0.150. The Bertz CT molecular complexity index is 938. The second kappa shape index (κ2) is 8.43. The van der Waals surface area contributed by atoms with Gasteiger partial charge in [-0.25, -0.2) is 0 Å². The summed E-state index contributed by atoms with van der Waals surface area (Å²) in [5.74, 6) is 0.279. The molecule has 2 aliphatic rings. The third-order valence-electron chi connectivity index (χ3n) is 5.83. The van der Waals surface area contributed by atoms with Gasteiger partial charge in [0.05, 0.1) is 12.6 Å². The summed E-state index contributed by atoms with van der Waals surface area (Å²) in [4.78, 5) is 16.8. The predicted molar refractivity (Wildman–Crippen MR) is 110 cm³/mol. The van der Waals surface area contributed by atoms with Gasteiger partial charge in [0.15, 0.2) is 0 Å². The number of nitrogens with zero attached hydrogens (tertiary/aromatic N) is 2. The van der Waals surface area contributed by atoms with Crippen molar-refractivity contribution >= 4 is 5.91 Å². The Kier molecular flexibility index (Phi) is 5.85. The molecule has 0 saturated carbocycles. The van der Waals surface area contributed by atoms with Crippen LogP contribution in [-0.4, -0.2) is 58.8 Å². The fraction of sp³-hybridized carbons (Fsp3) is 0.435. The number of carbonyl (C=O) groups is 1. The van der Waals surface area contributed by atoms with Crippen molar-refractivity contribution in [2.24, 2.45) is 0 Å². The van der Waals surface area contributed by atoms with E-state index < -0.39 is 24.4 Å². The maximum atomic E-state index is 13.1. The number of alkyl halides is 2. The number of amides is 1. The SMILES string of the molecule is CC1(C)Oc2ccc(OC(F)F)cc2[C@@H](N2CCN(Cc3ccccc3)CC2=O)[C@@H]1O. The molecule has 166 valence electrons. The zero-order chi connectivity index (χ0) is 22.2. The maximum absolute atomic E-state index is 13.1. The van der Waals surface area contributed by atoms with Gasteiger partial charge in [0.25, 0.3) is 0 Å². The van der Waals surface area contributed by atoms with E-state index in [1.807, 2.05) is 30.3 Å². The monoisotopic (exact) mass is 432 g/mol. The van der Waals surface area contributed by atoms with E-state index in [4.69, 9.17) is 4.74 Å². The van der Waals surface area contributed by atoms with Crippen molar-refractivity contribution in [3.05, 3.63) is 59.7 Å². The molecule has 0 bridgehead atoms.